The third-order valence-electron chi connectivity index (χ3n) is 1.91. The average Bonchev–Trinajstić information content (AvgIpc) is 2.48. The van der Waals surface area contributed by atoms with E-state index in [2.05, 4.69) is 10.3 Å². The Balaban J connectivity index is 2.45. The van der Waals surface area contributed by atoms with E-state index in [-0.39, 0.29) is 10.8 Å². The fourth-order valence-electron chi connectivity index (χ4n) is 1.27. The van der Waals surface area contributed by atoms with Crippen molar-refractivity contribution in [3.05, 3.63) is 17.7 Å². The van der Waals surface area contributed by atoms with Gasteiger partial charge in [0, 0.05) is 19.3 Å². The molecule has 0 unspecified atom stereocenters. The van der Waals surface area contributed by atoms with Gasteiger partial charge < -0.3 is 9.88 Å². The molecular formula is C7H6F3N3S. The Kier molecular flexibility index (Phi) is 1.99. The summed E-state index contributed by atoms with van der Waals surface area (Å²) in [6.45, 7) is 0.998. The number of fused-ring (bicyclic) bond motifs is 1. The van der Waals surface area contributed by atoms with Gasteiger partial charge in [-0.2, -0.15) is 13.2 Å². The van der Waals surface area contributed by atoms with Gasteiger partial charge in [0.25, 0.3) is 0 Å². The standard InChI is InChI=1S/C7H6F3N3S/c8-7(9,10)4-3-13-2-1-11-6(14)5(13)12-4/h3H,1-2H2,(H,11,14). The fraction of sp³-hybridized carbons (Fsp3) is 0.429. The Morgan fingerprint density at radius 1 is 1.50 bits per heavy atom. The smallest absolute Gasteiger partial charge is 0.371 e. The first-order chi connectivity index (χ1) is 6.48. The third-order valence-corrected chi connectivity index (χ3v) is 2.24. The number of hydrogen-bond acceptors (Lipinski definition) is 2. The van der Waals surface area contributed by atoms with E-state index in [4.69, 9.17) is 12.2 Å². The molecule has 1 aliphatic rings. The summed E-state index contributed by atoms with van der Waals surface area (Å²) in [5, 5.41) is 2.78. The van der Waals surface area contributed by atoms with E-state index in [1.807, 2.05) is 0 Å². The van der Waals surface area contributed by atoms with Gasteiger partial charge in [-0.3, -0.25) is 0 Å². The molecule has 2 heterocycles. The molecule has 14 heavy (non-hydrogen) atoms. The SMILES string of the molecule is FC(F)(F)c1cn2c(n1)C(=S)NCC2. The summed E-state index contributed by atoms with van der Waals surface area (Å²) in [5.41, 5.74) is -0.890. The minimum absolute atomic E-state index is 0.193. The molecule has 0 saturated carbocycles. The summed E-state index contributed by atoms with van der Waals surface area (Å²) >= 11 is 4.83. The molecular weight excluding hydrogens is 215 g/mol. The van der Waals surface area contributed by atoms with Crippen LogP contribution in [0.2, 0.25) is 0 Å². The maximum atomic E-state index is 12.3. The fourth-order valence-corrected chi connectivity index (χ4v) is 1.54. The van der Waals surface area contributed by atoms with Gasteiger partial charge >= 0.3 is 6.18 Å². The van der Waals surface area contributed by atoms with Crippen LogP contribution in [0.1, 0.15) is 11.5 Å². The zero-order valence-electron chi connectivity index (χ0n) is 6.93. The third kappa shape index (κ3) is 1.47. The van der Waals surface area contributed by atoms with E-state index in [9.17, 15) is 13.2 Å². The lowest BCUT2D eigenvalue weighted by Crippen LogP contribution is -2.34. The van der Waals surface area contributed by atoms with Crippen LogP contribution in [0.25, 0.3) is 0 Å². The van der Waals surface area contributed by atoms with Gasteiger partial charge in [-0.15, -0.1) is 0 Å². The largest absolute Gasteiger partial charge is 0.434 e. The van der Waals surface area contributed by atoms with Crippen molar-refractivity contribution >= 4 is 17.2 Å². The van der Waals surface area contributed by atoms with Crippen molar-refractivity contribution in [2.24, 2.45) is 0 Å². The lowest BCUT2D eigenvalue weighted by atomic mass is 10.4. The minimum atomic E-state index is -4.40. The lowest BCUT2D eigenvalue weighted by Gasteiger charge is -2.15. The summed E-state index contributed by atoms with van der Waals surface area (Å²) in [5.74, 6) is 0.193. The zero-order chi connectivity index (χ0) is 10.3. The molecule has 0 atom stereocenters. The number of thiocarbonyl (C=S) groups is 1. The zero-order valence-corrected chi connectivity index (χ0v) is 7.74. The van der Waals surface area contributed by atoms with E-state index in [0.29, 0.717) is 13.1 Å². The molecule has 0 spiro atoms. The summed E-state index contributed by atoms with van der Waals surface area (Å²) < 4.78 is 38.2. The number of rotatable bonds is 0. The number of nitrogens with one attached hydrogen (secondary N) is 1. The van der Waals surface area contributed by atoms with Gasteiger partial charge in [-0.05, 0) is 0 Å². The van der Waals surface area contributed by atoms with Crippen molar-refractivity contribution < 1.29 is 13.2 Å². The predicted octanol–water partition coefficient (Wildman–Crippen LogP) is 1.18. The molecule has 1 aliphatic heterocycles. The van der Waals surface area contributed by atoms with Crippen molar-refractivity contribution in [2.75, 3.05) is 6.54 Å². The maximum absolute atomic E-state index is 12.3. The topological polar surface area (TPSA) is 29.9 Å². The van der Waals surface area contributed by atoms with Crippen LogP contribution in [-0.4, -0.2) is 21.1 Å². The van der Waals surface area contributed by atoms with Crippen molar-refractivity contribution in [2.45, 2.75) is 12.7 Å². The van der Waals surface area contributed by atoms with E-state index >= 15 is 0 Å². The van der Waals surface area contributed by atoms with Crippen LogP contribution < -0.4 is 5.32 Å². The predicted molar refractivity (Wildman–Crippen MR) is 46.9 cm³/mol. The number of imidazole rings is 1. The van der Waals surface area contributed by atoms with Crippen LogP contribution in [0.15, 0.2) is 6.20 Å². The maximum Gasteiger partial charge on any atom is 0.434 e. The minimum Gasteiger partial charge on any atom is -0.371 e. The van der Waals surface area contributed by atoms with Crippen LogP contribution in [-0.2, 0) is 12.7 Å². The number of nitrogens with zero attached hydrogens (tertiary/aromatic N) is 2. The summed E-state index contributed by atoms with van der Waals surface area (Å²) in [6, 6.07) is 0. The lowest BCUT2D eigenvalue weighted by molar-refractivity contribution is -0.140. The normalized spacial score (nSPS) is 16.4. The monoisotopic (exact) mass is 221 g/mol. The van der Waals surface area contributed by atoms with Crippen LogP contribution in [0, 0.1) is 0 Å². The van der Waals surface area contributed by atoms with Crippen molar-refractivity contribution in [3.8, 4) is 0 Å². The Morgan fingerprint density at radius 3 is 2.79 bits per heavy atom. The van der Waals surface area contributed by atoms with Crippen molar-refractivity contribution in [3.63, 3.8) is 0 Å². The molecule has 1 aromatic heterocycles. The summed E-state index contributed by atoms with van der Waals surface area (Å²) in [4.78, 5) is 3.71. The van der Waals surface area contributed by atoms with Gasteiger partial charge in [-0.1, -0.05) is 12.2 Å². The molecule has 76 valence electrons. The van der Waals surface area contributed by atoms with Crippen molar-refractivity contribution in [1.29, 1.82) is 0 Å². The number of halogens is 3. The van der Waals surface area contributed by atoms with Crippen LogP contribution >= 0.6 is 12.2 Å². The van der Waals surface area contributed by atoms with Crippen LogP contribution in [0.5, 0.6) is 0 Å². The molecule has 0 amide bonds. The first-order valence-corrected chi connectivity index (χ1v) is 4.32. The van der Waals surface area contributed by atoms with Gasteiger partial charge in [0.2, 0.25) is 0 Å². The average molecular weight is 221 g/mol. The highest BCUT2D eigenvalue weighted by Gasteiger charge is 2.35. The molecule has 0 radical (unpaired) electrons. The molecule has 7 heteroatoms. The highest BCUT2D eigenvalue weighted by Crippen LogP contribution is 2.28. The molecule has 0 saturated heterocycles. The van der Waals surface area contributed by atoms with Crippen LogP contribution in [0.4, 0.5) is 13.2 Å². The summed E-state index contributed by atoms with van der Waals surface area (Å²) in [7, 11) is 0. The highest BCUT2D eigenvalue weighted by molar-refractivity contribution is 7.80. The second kappa shape index (κ2) is 2.94. The van der Waals surface area contributed by atoms with Gasteiger partial charge in [0.05, 0.1) is 0 Å². The summed E-state index contributed by atoms with van der Waals surface area (Å²) in [6.07, 6.45) is -3.41. The van der Waals surface area contributed by atoms with Gasteiger partial charge in [-0.25, -0.2) is 4.98 Å². The highest BCUT2D eigenvalue weighted by atomic mass is 32.1. The quantitative estimate of drug-likeness (QED) is 0.667. The molecule has 0 aromatic carbocycles. The molecule has 0 fully saturated rings. The van der Waals surface area contributed by atoms with E-state index in [1.54, 1.807) is 0 Å². The second-order valence-corrected chi connectivity index (χ2v) is 3.31. The molecule has 1 aromatic rings. The molecule has 0 bridgehead atoms. The first kappa shape index (κ1) is 9.45. The van der Waals surface area contributed by atoms with E-state index in [1.165, 1.54) is 4.57 Å². The van der Waals surface area contributed by atoms with Gasteiger partial charge in [0.1, 0.15) is 4.99 Å². The first-order valence-electron chi connectivity index (χ1n) is 3.91. The Morgan fingerprint density at radius 2 is 2.21 bits per heavy atom. The van der Waals surface area contributed by atoms with E-state index < -0.39 is 11.9 Å². The number of hydrogen-bond donors (Lipinski definition) is 1. The molecule has 0 aliphatic carbocycles. The van der Waals surface area contributed by atoms with Crippen LogP contribution in [0.3, 0.4) is 0 Å². The Labute approximate surface area is 82.9 Å². The van der Waals surface area contributed by atoms with Gasteiger partial charge in [0.15, 0.2) is 11.5 Å². The molecule has 2 rings (SSSR count). The number of aromatic nitrogens is 2. The molecule has 3 nitrogen and oxygen atoms in total. The Hall–Kier alpha value is -1.11. The number of alkyl halides is 3. The second-order valence-electron chi connectivity index (χ2n) is 2.90. The van der Waals surface area contributed by atoms with Crippen molar-refractivity contribution in [1.82, 2.24) is 14.9 Å². The van der Waals surface area contributed by atoms with E-state index in [0.717, 1.165) is 6.20 Å². The molecule has 1 N–H and O–H groups in total. The Bertz CT molecular complexity index is 382.